The van der Waals surface area contributed by atoms with Crippen molar-refractivity contribution in [3.63, 3.8) is 0 Å². The van der Waals surface area contributed by atoms with Crippen LogP contribution in [-0.4, -0.2) is 11.2 Å². The van der Waals surface area contributed by atoms with Crippen molar-refractivity contribution < 1.29 is 5.11 Å². The van der Waals surface area contributed by atoms with E-state index in [-0.39, 0.29) is 6.10 Å². The van der Waals surface area contributed by atoms with Gasteiger partial charge in [-0.15, -0.1) is 0 Å². The van der Waals surface area contributed by atoms with Crippen molar-refractivity contribution in [1.82, 2.24) is 0 Å². The number of rotatable bonds is 1. The van der Waals surface area contributed by atoms with Crippen molar-refractivity contribution in [2.45, 2.75) is 45.6 Å². The van der Waals surface area contributed by atoms with Crippen LogP contribution in [-0.2, 0) is 0 Å². The summed E-state index contributed by atoms with van der Waals surface area (Å²) in [5.74, 6) is 0.944. The Morgan fingerprint density at radius 1 is 1.33 bits per heavy atom. The summed E-state index contributed by atoms with van der Waals surface area (Å²) in [6.07, 6.45) is 8.90. The Labute approximate surface area is 75.5 Å². The van der Waals surface area contributed by atoms with Gasteiger partial charge < -0.3 is 5.11 Å². The van der Waals surface area contributed by atoms with Gasteiger partial charge in [0.2, 0.25) is 0 Å². The molecule has 1 aliphatic rings. The molecular formula is C11H20O. The van der Waals surface area contributed by atoms with Crippen LogP contribution in [0.5, 0.6) is 0 Å². The highest BCUT2D eigenvalue weighted by atomic mass is 16.3. The zero-order valence-electron chi connectivity index (χ0n) is 8.16. The molecule has 0 saturated carbocycles. The predicted molar refractivity (Wildman–Crippen MR) is 51.9 cm³/mol. The van der Waals surface area contributed by atoms with Gasteiger partial charge in [-0.1, -0.05) is 32.4 Å². The fourth-order valence-corrected chi connectivity index (χ4v) is 1.86. The van der Waals surface area contributed by atoms with Gasteiger partial charge in [0, 0.05) is 5.92 Å². The van der Waals surface area contributed by atoms with Crippen LogP contribution in [0.2, 0.25) is 0 Å². The molecule has 0 aromatic rings. The standard InChI is InChI=1S/C11H20O/c1-9(2)10-7-5-3-4-6-8-11(10)12/h5,7,9-12H,3-4,6,8H2,1-2H3/t10-,11+/m1/s1. The van der Waals surface area contributed by atoms with Crippen LogP contribution in [0.25, 0.3) is 0 Å². The van der Waals surface area contributed by atoms with E-state index < -0.39 is 0 Å². The van der Waals surface area contributed by atoms with Gasteiger partial charge in [-0.05, 0) is 25.2 Å². The predicted octanol–water partition coefficient (Wildman–Crippen LogP) is 2.75. The van der Waals surface area contributed by atoms with Crippen molar-refractivity contribution in [3.05, 3.63) is 12.2 Å². The second-order valence-corrected chi connectivity index (χ2v) is 4.10. The van der Waals surface area contributed by atoms with Crippen molar-refractivity contribution in [3.8, 4) is 0 Å². The molecule has 1 heteroatoms. The van der Waals surface area contributed by atoms with Crippen molar-refractivity contribution in [1.29, 1.82) is 0 Å². The lowest BCUT2D eigenvalue weighted by molar-refractivity contribution is 0.0945. The minimum atomic E-state index is -0.110. The monoisotopic (exact) mass is 168 g/mol. The molecule has 0 heterocycles. The molecule has 0 bridgehead atoms. The smallest absolute Gasteiger partial charge is 0.0605 e. The van der Waals surface area contributed by atoms with Gasteiger partial charge in [-0.3, -0.25) is 0 Å². The zero-order valence-corrected chi connectivity index (χ0v) is 8.16. The van der Waals surface area contributed by atoms with Gasteiger partial charge in [0.25, 0.3) is 0 Å². The summed E-state index contributed by atoms with van der Waals surface area (Å²) in [7, 11) is 0. The van der Waals surface area contributed by atoms with E-state index in [0.29, 0.717) is 11.8 Å². The minimum Gasteiger partial charge on any atom is -0.393 e. The second-order valence-electron chi connectivity index (χ2n) is 4.10. The Hall–Kier alpha value is -0.300. The molecule has 2 atom stereocenters. The van der Waals surface area contributed by atoms with E-state index in [1.165, 1.54) is 19.3 Å². The van der Waals surface area contributed by atoms with E-state index in [4.69, 9.17) is 0 Å². The SMILES string of the molecule is CC(C)[C@H]1C=CCCCC[C@@H]1O. The molecule has 0 unspecified atom stereocenters. The summed E-state index contributed by atoms with van der Waals surface area (Å²) in [5, 5.41) is 9.79. The first kappa shape index (κ1) is 9.79. The van der Waals surface area contributed by atoms with Crippen LogP contribution in [0.3, 0.4) is 0 Å². The molecule has 1 nitrogen and oxygen atoms in total. The third kappa shape index (κ3) is 2.63. The largest absolute Gasteiger partial charge is 0.393 e. The van der Waals surface area contributed by atoms with Gasteiger partial charge >= 0.3 is 0 Å². The van der Waals surface area contributed by atoms with E-state index in [1.807, 2.05) is 0 Å². The molecule has 70 valence electrons. The quantitative estimate of drug-likeness (QED) is 0.597. The zero-order chi connectivity index (χ0) is 8.97. The maximum Gasteiger partial charge on any atom is 0.0605 e. The fourth-order valence-electron chi connectivity index (χ4n) is 1.86. The van der Waals surface area contributed by atoms with Gasteiger partial charge in [0.05, 0.1) is 6.10 Å². The normalized spacial score (nSPS) is 31.7. The van der Waals surface area contributed by atoms with Gasteiger partial charge in [0.1, 0.15) is 0 Å². The lowest BCUT2D eigenvalue weighted by atomic mass is 9.85. The molecule has 1 N–H and O–H groups in total. The molecule has 0 fully saturated rings. The topological polar surface area (TPSA) is 20.2 Å². The lowest BCUT2D eigenvalue weighted by Gasteiger charge is -2.24. The van der Waals surface area contributed by atoms with Crippen LogP contribution in [0, 0.1) is 11.8 Å². The molecule has 0 saturated heterocycles. The highest BCUT2D eigenvalue weighted by Crippen LogP contribution is 2.23. The first-order chi connectivity index (χ1) is 5.72. The number of hydrogen-bond acceptors (Lipinski definition) is 1. The Morgan fingerprint density at radius 2 is 2.08 bits per heavy atom. The third-order valence-corrected chi connectivity index (χ3v) is 2.69. The maximum atomic E-state index is 9.79. The second kappa shape index (κ2) is 4.66. The third-order valence-electron chi connectivity index (χ3n) is 2.69. The van der Waals surface area contributed by atoms with Crippen LogP contribution < -0.4 is 0 Å². The summed E-state index contributed by atoms with van der Waals surface area (Å²) in [4.78, 5) is 0. The number of allylic oxidation sites excluding steroid dienone is 1. The molecule has 12 heavy (non-hydrogen) atoms. The molecule has 0 radical (unpaired) electrons. The van der Waals surface area contributed by atoms with Crippen molar-refractivity contribution >= 4 is 0 Å². The molecular weight excluding hydrogens is 148 g/mol. The van der Waals surface area contributed by atoms with E-state index in [9.17, 15) is 5.11 Å². The fraction of sp³-hybridized carbons (Fsp3) is 0.818. The van der Waals surface area contributed by atoms with Crippen molar-refractivity contribution in [2.24, 2.45) is 11.8 Å². The van der Waals surface area contributed by atoms with E-state index >= 15 is 0 Å². The molecule has 0 aromatic carbocycles. The number of aliphatic hydroxyl groups excluding tert-OH is 1. The van der Waals surface area contributed by atoms with Gasteiger partial charge in [-0.2, -0.15) is 0 Å². The number of hydrogen-bond donors (Lipinski definition) is 1. The lowest BCUT2D eigenvalue weighted by Crippen LogP contribution is -2.24. The van der Waals surface area contributed by atoms with Crippen molar-refractivity contribution in [2.75, 3.05) is 0 Å². The molecule has 1 rings (SSSR count). The average molecular weight is 168 g/mol. The molecule has 0 aromatic heterocycles. The Balaban J connectivity index is 2.58. The summed E-state index contributed by atoms with van der Waals surface area (Å²) in [6, 6.07) is 0. The van der Waals surface area contributed by atoms with Gasteiger partial charge in [-0.25, -0.2) is 0 Å². The Morgan fingerprint density at radius 3 is 2.75 bits per heavy atom. The maximum absolute atomic E-state index is 9.79. The molecule has 1 aliphatic carbocycles. The van der Waals surface area contributed by atoms with E-state index in [0.717, 1.165) is 6.42 Å². The summed E-state index contributed by atoms with van der Waals surface area (Å²) in [5.41, 5.74) is 0. The van der Waals surface area contributed by atoms with Crippen LogP contribution in [0.1, 0.15) is 39.5 Å². The Bertz CT molecular complexity index is 149. The first-order valence-corrected chi connectivity index (χ1v) is 5.06. The number of aliphatic hydroxyl groups is 1. The van der Waals surface area contributed by atoms with E-state index in [2.05, 4.69) is 26.0 Å². The highest BCUT2D eigenvalue weighted by molar-refractivity contribution is 4.94. The Kier molecular flexibility index (Phi) is 3.80. The molecule has 0 spiro atoms. The van der Waals surface area contributed by atoms with Crippen LogP contribution in [0.4, 0.5) is 0 Å². The summed E-state index contributed by atoms with van der Waals surface area (Å²) < 4.78 is 0. The molecule has 0 amide bonds. The minimum absolute atomic E-state index is 0.110. The first-order valence-electron chi connectivity index (χ1n) is 5.06. The summed E-state index contributed by atoms with van der Waals surface area (Å²) >= 11 is 0. The highest BCUT2D eigenvalue weighted by Gasteiger charge is 2.20. The summed E-state index contributed by atoms with van der Waals surface area (Å²) in [6.45, 7) is 4.36. The molecule has 0 aliphatic heterocycles. The van der Waals surface area contributed by atoms with Gasteiger partial charge in [0.15, 0.2) is 0 Å². The van der Waals surface area contributed by atoms with Crippen LogP contribution in [0.15, 0.2) is 12.2 Å². The van der Waals surface area contributed by atoms with Crippen LogP contribution >= 0.6 is 0 Å². The average Bonchev–Trinajstić information content (AvgIpc) is 1.96. The van der Waals surface area contributed by atoms with E-state index in [1.54, 1.807) is 0 Å².